The van der Waals surface area contributed by atoms with Crippen LogP contribution < -0.4 is 11.1 Å². The molecule has 0 amide bonds. The van der Waals surface area contributed by atoms with Gasteiger partial charge in [0.15, 0.2) is 5.96 Å². The molecule has 0 radical (unpaired) electrons. The summed E-state index contributed by atoms with van der Waals surface area (Å²) in [5, 5.41) is 2.97. The van der Waals surface area contributed by atoms with Gasteiger partial charge in [0.1, 0.15) is 0 Å². The third-order valence-electron chi connectivity index (χ3n) is 2.98. The Morgan fingerprint density at radius 3 is 2.62 bits per heavy atom. The van der Waals surface area contributed by atoms with Gasteiger partial charge in [-0.3, -0.25) is 9.20 Å². The minimum absolute atomic E-state index is 0.116. The summed E-state index contributed by atoms with van der Waals surface area (Å²) in [6.07, 6.45) is 4.89. The van der Waals surface area contributed by atoms with E-state index in [2.05, 4.69) is 16.9 Å². The molecule has 1 atom stereocenters. The average Bonchev–Trinajstić information content (AvgIpc) is 2.12. The van der Waals surface area contributed by atoms with Crippen molar-refractivity contribution in [3.05, 3.63) is 12.2 Å². The van der Waals surface area contributed by atoms with E-state index in [-0.39, 0.29) is 4.75 Å². The standard InChI is InChI=1S/C11H21N3OS/c1-9(2)7-13-10(12)14-8-11(16(3)15)5-4-6-11/h1,4-8H2,2-3H3,(H3,12,13,14). The van der Waals surface area contributed by atoms with E-state index in [0.717, 1.165) is 24.8 Å². The van der Waals surface area contributed by atoms with Crippen LogP contribution in [0.1, 0.15) is 26.2 Å². The van der Waals surface area contributed by atoms with Gasteiger partial charge in [0.05, 0.1) is 11.3 Å². The molecule has 0 saturated heterocycles. The van der Waals surface area contributed by atoms with Crippen molar-refractivity contribution < 1.29 is 4.21 Å². The third-order valence-corrected chi connectivity index (χ3v) is 4.74. The summed E-state index contributed by atoms with van der Waals surface area (Å²) >= 11 is 0. The largest absolute Gasteiger partial charge is 0.370 e. The molecule has 0 aromatic carbocycles. The van der Waals surface area contributed by atoms with Crippen molar-refractivity contribution in [2.75, 3.05) is 19.3 Å². The predicted molar refractivity (Wildman–Crippen MR) is 70.0 cm³/mol. The maximum Gasteiger partial charge on any atom is 0.188 e. The van der Waals surface area contributed by atoms with Gasteiger partial charge in [-0.2, -0.15) is 0 Å². The van der Waals surface area contributed by atoms with Crippen molar-refractivity contribution in [3.63, 3.8) is 0 Å². The second-order valence-corrected chi connectivity index (χ2v) is 6.28. The highest BCUT2D eigenvalue weighted by atomic mass is 32.2. The van der Waals surface area contributed by atoms with Crippen LogP contribution in [0.5, 0.6) is 0 Å². The Morgan fingerprint density at radius 2 is 2.25 bits per heavy atom. The van der Waals surface area contributed by atoms with E-state index < -0.39 is 10.8 Å². The first-order valence-electron chi connectivity index (χ1n) is 5.48. The Hall–Kier alpha value is -0.840. The van der Waals surface area contributed by atoms with Crippen LogP contribution in [0.2, 0.25) is 0 Å². The van der Waals surface area contributed by atoms with Gasteiger partial charge >= 0.3 is 0 Å². The molecule has 1 saturated carbocycles. The summed E-state index contributed by atoms with van der Waals surface area (Å²) in [4.78, 5) is 4.26. The fourth-order valence-corrected chi connectivity index (χ4v) is 2.74. The van der Waals surface area contributed by atoms with E-state index in [4.69, 9.17) is 5.73 Å². The molecule has 0 aromatic rings. The average molecular weight is 243 g/mol. The molecule has 0 heterocycles. The van der Waals surface area contributed by atoms with Crippen LogP contribution in [-0.4, -0.2) is 34.3 Å². The molecular formula is C11H21N3OS. The smallest absolute Gasteiger partial charge is 0.188 e. The summed E-state index contributed by atoms with van der Waals surface area (Å²) in [5.74, 6) is 0.416. The summed E-state index contributed by atoms with van der Waals surface area (Å²) < 4.78 is 11.5. The molecule has 0 spiro atoms. The van der Waals surface area contributed by atoms with Crippen LogP contribution in [0.4, 0.5) is 0 Å². The Bertz CT molecular complexity index is 321. The van der Waals surface area contributed by atoms with Crippen molar-refractivity contribution in [2.45, 2.75) is 30.9 Å². The van der Waals surface area contributed by atoms with Crippen LogP contribution >= 0.6 is 0 Å². The van der Waals surface area contributed by atoms with E-state index in [1.54, 1.807) is 6.26 Å². The number of hydrogen-bond donors (Lipinski definition) is 2. The highest BCUT2D eigenvalue weighted by Gasteiger charge is 2.40. The zero-order valence-corrected chi connectivity index (χ0v) is 10.9. The van der Waals surface area contributed by atoms with Gasteiger partial charge in [0, 0.05) is 23.6 Å². The highest BCUT2D eigenvalue weighted by molar-refractivity contribution is 7.85. The van der Waals surface area contributed by atoms with Gasteiger partial charge < -0.3 is 11.1 Å². The fraction of sp³-hybridized carbons (Fsp3) is 0.727. The molecule has 1 fully saturated rings. The molecular weight excluding hydrogens is 222 g/mol. The lowest BCUT2D eigenvalue weighted by molar-refractivity contribution is 0.361. The first-order valence-corrected chi connectivity index (χ1v) is 7.04. The number of rotatable bonds is 5. The number of hydrogen-bond acceptors (Lipinski definition) is 2. The Balaban J connectivity index is 2.44. The maximum absolute atomic E-state index is 11.6. The number of nitrogens with two attached hydrogens (primary N) is 1. The second kappa shape index (κ2) is 5.48. The molecule has 16 heavy (non-hydrogen) atoms. The van der Waals surface area contributed by atoms with Gasteiger partial charge in [0.25, 0.3) is 0 Å². The number of nitrogens with zero attached hydrogens (tertiary/aromatic N) is 1. The van der Waals surface area contributed by atoms with Crippen LogP contribution in [-0.2, 0) is 10.8 Å². The maximum atomic E-state index is 11.6. The molecule has 1 rings (SSSR count). The van der Waals surface area contributed by atoms with E-state index >= 15 is 0 Å². The quantitative estimate of drug-likeness (QED) is 0.426. The topological polar surface area (TPSA) is 67.5 Å². The van der Waals surface area contributed by atoms with E-state index in [1.165, 1.54) is 0 Å². The monoisotopic (exact) mass is 243 g/mol. The molecule has 0 bridgehead atoms. The molecule has 4 nitrogen and oxygen atoms in total. The van der Waals surface area contributed by atoms with Crippen LogP contribution in [0.25, 0.3) is 0 Å². The third kappa shape index (κ3) is 3.33. The lowest BCUT2D eigenvalue weighted by Gasteiger charge is -2.38. The highest BCUT2D eigenvalue weighted by Crippen LogP contribution is 2.37. The minimum Gasteiger partial charge on any atom is -0.370 e. The molecule has 1 unspecified atom stereocenters. The normalized spacial score (nSPS) is 21.0. The van der Waals surface area contributed by atoms with Gasteiger partial charge in [0.2, 0.25) is 0 Å². The summed E-state index contributed by atoms with van der Waals surface area (Å²) in [6.45, 7) is 6.89. The Morgan fingerprint density at radius 1 is 1.62 bits per heavy atom. The van der Waals surface area contributed by atoms with Crippen LogP contribution in [0, 0.1) is 0 Å². The molecule has 1 aliphatic carbocycles. The molecule has 5 heteroatoms. The predicted octanol–water partition coefficient (Wildman–Crippen LogP) is 0.768. The molecule has 1 aliphatic rings. The van der Waals surface area contributed by atoms with Gasteiger partial charge in [-0.05, 0) is 19.8 Å². The van der Waals surface area contributed by atoms with Gasteiger partial charge in [-0.25, -0.2) is 0 Å². The minimum atomic E-state index is -0.819. The van der Waals surface area contributed by atoms with Gasteiger partial charge in [-0.15, -0.1) is 0 Å². The SMILES string of the molecule is C=C(C)CNC(N)=NCC1(S(C)=O)CCC1. The van der Waals surface area contributed by atoms with E-state index in [9.17, 15) is 4.21 Å². The zero-order chi connectivity index (χ0) is 12.2. The molecule has 0 aliphatic heterocycles. The van der Waals surface area contributed by atoms with E-state index in [0.29, 0.717) is 19.0 Å². The van der Waals surface area contributed by atoms with Crippen molar-refractivity contribution in [1.29, 1.82) is 0 Å². The van der Waals surface area contributed by atoms with Crippen molar-refractivity contribution >= 4 is 16.8 Å². The fourth-order valence-electron chi connectivity index (χ4n) is 1.63. The molecule has 92 valence electrons. The second-order valence-electron chi connectivity index (χ2n) is 4.50. The Kier molecular flexibility index (Phi) is 4.53. The summed E-state index contributed by atoms with van der Waals surface area (Å²) in [7, 11) is -0.819. The van der Waals surface area contributed by atoms with Crippen molar-refractivity contribution in [2.24, 2.45) is 10.7 Å². The molecule has 3 N–H and O–H groups in total. The Labute approximate surface area is 99.9 Å². The summed E-state index contributed by atoms with van der Waals surface area (Å²) in [5.41, 5.74) is 6.72. The first-order chi connectivity index (χ1) is 7.46. The lowest BCUT2D eigenvalue weighted by Crippen LogP contribution is -2.45. The van der Waals surface area contributed by atoms with Crippen molar-refractivity contribution in [1.82, 2.24) is 5.32 Å². The number of aliphatic imine (C=N–C) groups is 1. The number of nitrogens with one attached hydrogen (secondary N) is 1. The van der Waals surface area contributed by atoms with E-state index in [1.807, 2.05) is 6.92 Å². The van der Waals surface area contributed by atoms with Crippen molar-refractivity contribution in [3.8, 4) is 0 Å². The molecule has 0 aromatic heterocycles. The van der Waals surface area contributed by atoms with Gasteiger partial charge in [-0.1, -0.05) is 18.6 Å². The lowest BCUT2D eigenvalue weighted by atomic mass is 9.84. The zero-order valence-electron chi connectivity index (χ0n) is 10.1. The van der Waals surface area contributed by atoms with Crippen LogP contribution in [0.15, 0.2) is 17.1 Å². The summed E-state index contributed by atoms with van der Waals surface area (Å²) in [6, 6.07) is 0. The number of guanidine groups is 1. The van der Waals surface area contributed by atoms with Crippen LogP contribution in [0.3, 0.4) is 0 Å². The first kappa shape index (κ1) is 13.2.